The van der Waals surface area contributed by atoms with Gasteiger partial charge in [-0.3, -0.25) is 13.9 Å². The Hall–Kier alpha value is -2.78. The monoisotopic (exact) mass is 609 g/mol. The zero-order valence-electron chi connectivity index (χ0n) is 21.8. The molecule has 0 radical (unpaired) electrons. The van der Waals surface area contributed by atoms with Gasteiger partial charge < -0.3 is 10.2 Å². The summed E-state index contributed by atoms with van der Waals surface area (Å²) in [6.07, 6.45) is 0.710. The van der Waals surface area contributed by atoms with Crippen LogP contribution >= 0.6 is 34.8 Å². The van der Waals surface area contributed by atoms with Gasteiger partial charge in [0.2, 0.25) is 11.8 Å². The lowest BCUT2D eigenvalue weighted by Gasteiger charge is -2.32. The highest BCUT2D eigenvalue weighted by Crippen LogP contribution is 2.30. The standard InChI is InChI=1S/C28H30Cl3N3O4S/c1-4-15-32-28(36)20(3)33(17-23-24(30)11-8-12-25(23)31)27(35)18-34(26-14-13-21(29)16-19(26)2)39(37,38)22-9-6-5-7-10-22/h5-14,16,20H,4,15,17-18H2,1-3H3,(H,32,36)/t20-/m0/s1. The molecule has 0 saturated carbocycles. The van der Waals surface area contributed by atoms with Gasteiger partial charge in [0.25, 0.3) is 10.0 Å². The summed E-state index contributed by atoms with van der Waals surface area (Å²) in [6.45, 7) is 4.96. The number of hydrogen-bond donors (Lipinski definition) is 1. The van der Waals surface area contributed by atoms with E-state index in [1.807, 2.05) is 6.92 Å². The number of carbonyl (C=O) groups is 2. The highest BCUT2D eigenvalue weighted by molar-refractivity contribution is 7.92. The van der Waals surface area contributed by atoms with Crippen LogP contribution in [0.2, 0.25) is 15.1 Å². The summed E-state index contributed by atoms with van der Waals surface area (Å²) in [4.78, 5) is 28.2. The molecular weight excluding hydrogens is 581 g/mol. The van der Waals surface area contributed by atoms with Crippen LogP contribution < -0.4 is 9.62 Å². The van der Waals surface area contributed by atoms with Crippen molar-refractivity contribution in [1.29, 1.82) is 0 Å². The lowest BCUT2D eigenvalue weighted by atomic mass is 10.1. The molecule has 39 heavy (non-hydrogen) atoms. The van der Waals surface area contributed by atoms with Gasteiger partial charge >= 0.3 is 0 Å². The van der Waals surface area contributed by atoms with E-state index in [0.29, 0.717) is 39.2 Å². The van der Waals surface area contributed by atoms with Gasteiger partial charge in [-0.2, -0.15) is 0 Å². The third-order valence-electron chi connectivity index (χ3n) is 6.14. The van der Waals surface area contributed by atoms with Crippen molar-refractivity contribution in [3.05, 3.63) is 92.9 Å². The molecule has 7 nitrogen and oxygen atoms in total. The number of sulfonamides is 1. The summed E-state index contributed by atoms with van der Waals surface area (Å²) in [5, 5.41) is 3.87. The first kappa shape index (κ1) is 30.8. The zero-order valence-corrected chi connectivity index (χ0v) is 24.9. The van der Waals surface area contributed by atoms with Crippen molar-refractivity contribution in [3.8, 4) is 0 Å². The maximum atomic E-state index is 14.0. The molecule has 0 saturated heterocycles. The molecule has 0 bridgehead atoms. The number of anilines is 1. The second kappa shape index (κ2) is 13.5. The van der Waals surface area contributed by atoms with Crippen molar-refractivity contribution in [1.82, 2.24) is 10.2 Å². The fourth-order valence-corrected chi connectivity index (χ4v) is 6.21. The first-order valence-electron chi connectivity index (χ1n) is 12.3. The Balaban J connectivity index is 2.08. The van der Waals surface area contributed by atoms with Gasteiger partial charge in [0.05, 0.1) is 10.6 Å². The maximum Gasteiger partial charge on any atom is 0.264 e. The van der Waals surface area contributed by atoms with Crippen LogP contribution in [0, 0.1) is 6.92 Å². The summed E-state index contributed by atoms with van der Waals surface area (Å²) in [6, 6.07) is 16.6. The molecule has 11 heteroatoms. The van der Waals surface area contributed by atoms with E-state index in [0.717, 1.165) is 4.31 Å². The molecular formula is C28H30Cl3N3O4S. The Morgan fingerprint density at radius 1 is 0.949 bits per heavy atom. The fraction of sp³-hybridized carbons (Fsp3) is 0.286. The van der Waals surface area contributed by atoms with Crippen molar-refractivity contribution in [2.24, 2.45) is 0 Å². The normalized spacial score (nSPS) is 12.1. The molecule has 1 atom stereocenters. The lowest BCUT2D eigenvalue weighted by molar-refractivity contribution is -0.139. The van der Waals surface area contributed by atoms with Crippen LogP contribution in [-0.2, 0) is 26.2 Å². The van der Waals surface area contributed by atoms with Crippen LogP contribution in [-0.4, -0.2) is 44.3 Å². The van der Waals surface area contributed by atoms with E-state index in [1.165, 1.54) is 17.0 Å². The van der Waals surface area contributed by atoms with E-state index in [-0.39, 0.29) is 23.0 Å². The van der Waals surface area contributed by atoms with E-state index in [4.69, 9.17) is 34.8 Å². The molecule has 0 unspecified atom stereocenters. The van der Waals surface area contributed by atoms with Crippen molar-refractivity contribution in [3.63, 3.8) is 0 Å². The second-order valence-electron chi connectivity index (χ2n) is 8.94. The predicted octanol–water partition coefficient (Wildman–Crippen LogP) is 6.09. The van der Waals surface area contributed by atoms with Crippen molar-refractivity contribution in [2.75, 3.05) is 17.4 Å². The van der Waals surface area contributed by atoms with Crippen LogP contribution in [0.15, 0.2) is 71.6 Å². The summed E-state index contributed by atoms with van der Waals surface area (Å²) >= 11 is 18.9. The van der Waals surface area contributed by atoms with Crippen LogP contribution in [0.5, 0.6) is 0 Å². The summed E-state index contributed by atoms with van der Waals surface area (Å²) < 4.78 is 28.7. The largest absolute Gasteiger partial charge is 0.354 e. The van der Waals surface area contributed by atoms with Crippen LogP contribution in [0.4, 0.5) is 5.69 Å². The molecule has 3 aromatic rings. The maximum absolute atomic E-state index is 14.0. The minimum Gasteiger partial charge on any atom is -0.354 e. The van der Waals surface area contributed by atoms with Crippen molar-refractivity contribution >= 4 is 62.3 Å². The Labute approximate surface area is 244 Å². The van der Waals surface area contributed by atoms with E-state index >= 15 is 0 Å². The molecule has 3 aromatic carbocycles. The van der Waals surface area contributed by atoms with Gasteiger partial charge in [-0.25, -0.2) is 8.42 Å². The SMILES string of the molecule is CCCNC(=O)[C@H](C)N(Cc1c(Cl)cccc1Cl)C(=O)CN(c1ccc(Cl)cc1C)S(=O)(=O)c1ccccc1. The van der Waals surface area contributed by atoms with Gasteiger partial charge in [-0.1, -0.05) is 66.0 Å². The Bertz CT molecular complexity index is 1410. The highest BCUT2D eigenvalue weighted by atomic mass is 35.5. The summed E-state index contributed by atoms with van der Waals surface area (Å²) in [5.74, 6) is -0.993. The molecule has 0 aliphatic rings. The van der Waals surface area contributed by atoms with E-state index in [2.05, 4.69) is 5.32 Å². The number of nitrogens with zero attached hydrogens (tertiary/aromatic N) is 2. The molecule has 0 aliphatic heterocycles. The van der Waals surface area contributed by atoms with Gasteiger partial charge in [0, 0.05) is 33.7 Å². The van der Waals surface area contributed by atoms with Crippen LogP contribution in [0.3, 0.4) is 0 Å². The average molecular weight is 611 g/mol. The van der Waals surface area contributed by atoms with Crippen molar-refractivity contribution < 1.29 is 18.0 Å². The summed E-state index contributed by atoms with van der Waals surface area (Å²) in [5.41, 5.74) is 1.30. The topological polar surface area (TPSA) is 86.8 Å². The Kier molecular flexibility index (Phi) is 10.7. The number of carbonyl (C=O) groups excluding carboxylic acids is 2. The number of aryl methyl sites for hydroxylation is 1. The van der Waals surface area contributed by atoms with Gasteiger partial charge in [0.15, 0.2) is 0 Å². The predicted molar refractivity (Wildman–Crippen MR) is 157 cm³/mol. The lowest BCUT2D eigenvalue weighted by Crippen LogP contribution is -2.51. The van der Waals surface area contributed by atoms with Gasteiger partial charge in [-0.15, -0.1) is 0 Å². The molecule has 1 N–H and O–H groups in total. The van der Waals surface area contributed by atoms with Gasteiger partial charge in [-0.05, 0) is 68.3 Å². The minimum absolute atomic E-state index is 0.0154. The van der Waals surface area contributed by atoms with E-state index < -0.39 is 28.5 Å². The molecule has 0 aliphatic carbocycles. The van der Waals surface area contributed by atoms with Crippen LogP contribution in [0.25, 0.3) is 0 Å². The molecule has 3 rings (SSSR count). The summed E-state index contributed by atoms with van der Waals surface area (Å²) in [7, 11) is -4.18. The minimum atomic E-state index is -4.18. The fourth-order valence-electron chi connectivity index (χ4n) is 3.96. The smallest absolute Gasteiger partial charge is 0.264 e. The van der Waals surface area contributed by atoms with Crippen LogP contribution in [0.1, 0.15) is 31.4 Å². The third-order valence-corrected chi connectivity index (χ3v) is 8.86. The van der Waals surface area contributed by atoms with Crippen molar-refractivity contribution in [2.45, 2.75) is 44.7 Å². The number of amides is 2. The number of benzene rings is 3. The quantitative estimate of drug-likeness (QED) is 0.285. The number of nitrogens with one attached hydrogen (secondary N) is 1. The number of hydrogen-bond acceptors (Lipinski definition) is 4. The molecule has 0 heterocycles. The second-order valence-corrected chi connectivity index (χ2v) is 12.1. The highest BCUT2D eigenvalue weighted by Gasteiger charge is 2.33. The first-order valence-corrected chi connectivity index (χ1v) is 14.9. The molecule has 0 fully saturated rings. The molecule has 0 aromatic heterocycles. The number of halogens is 3. The van der Waals surface area contributed by atoms with E-state index in [1.54, 1.807) is 68.4 Å². The van der Waals surface area contributed by atoms with Gasteiger partial charge in [0.1, 0.15) is 12.6 Å². The zero-order chi connectivity index (χ0) is 28.7. The molecule has 0 spiro atoms. The number of rotatable bonds is 11. The Morgan fingerprint density at radius 3 is 2.18 bits per heavy atom. The third kappa shape index (κ3) is 7.45. The Morgan fingerprint density at radius 2 is 1.59 bits per heavy atom. The molecule has 208 valence electrons. The average Bonchev–Trinajstić information content (AvgIpc) is 2.90. The first-order chi connectivity index (χ1) is 18.5. The van der Waals surface area contributed by atoms with E-state index in [9.17, 15) is 18.0 Å². The molecule has 2 amide bonds.